The van der Waals surface area contributed by atoms with E-state index in [2.05, 4.69) is 32.0 Å². The Morgan fingerprint density at radius 3 is 1.73 bits per heavy atom. The van der Waals surface area contributed by atoms with Crippen molar-refractivity contribution in [3.63, 3.8) is 0 Å². The summed E-state index contributed by atoms with van der Waals surface area (Å²) >= 11 is 0. The Kier molecular flexibility index (Phi) is 4.92. The Morgan fingerprint density at radius 1 is 0.393 bits per heavy atom. The van der Waals surface area contributed by atoms with Gasteiger partial charge in [-0.3, -0.25) is 0 Å². The summed E-state index contributed by atoms with van der Waals surface area (Å²) in [6.07, 6.45) is 0. The Balaban J connectivity index is 1.22. The molecule has 0 aliphatic heterocycles. The monoisotopic (exact) mass is 732 g/mol. The van der Waals surface area contributed by atoms with Crippen LogP contribution in [0.25, 0.3) is 66.4 Å². The Labute approximate surface area is 353 Å². The van der Waals surface area contributed by atoms with E-state index in [1.165, 1.54) is 10.5 Å². The largest absolute Gasteiger partial charge is 0.310 e. The Morgan fingerprint density at radius 2 is 0.964 bits per heavy atom. The lowest BCUT2D eigenvalue weighted by Gasteiger charge is -2.27. The highest BCUT2D eigenvalue weighted by atomic mass is 15.1. The molecule has 9 aromatic rings. The molecule has 1 aliphatic rings. The van der Waals surface area contributed by atoms with Crippen LogP contribution in [0.15, 0.2) is 212 Å². The van der Waals surface area contributed by atoms with Crippen molar-refractivity contribution in [2.45, 2.75) is 19.3 Å². The first kappa shape index (κ1) is 20.1. The number of benzene rings is 9. The third-order valence-corrected chi connectivity index (χ3v) is 10.4. The molecule has 0 aromatic heterocycles. The van der Waals surface area contributed by atoms with Gasteiger partial charge >= 0.3 is 0 Å². The molecule has 0 unspecified atom stereocenters. The standard InChI is InChI=1S/C55H41N/c1-55(2)53-24-9-8-20-51(53)52-23-12-22-50(54(52)55)43-31-35-46(36-32-43)56(47-18-10-17-44(37-47)49-21-11-16-42-15-6-7-19-48(42)49)45-33-29-41(30-34-45)40-27-25-39(26-28-40)38-13-4-3-5-14-38/h3-37H,1-2H3/i3D,4D,5D,10D,13D,14D,17D,18D,25D,26D,27D,28D,29D,30D,33D,34D,37D. The quantitative estimate of drug-likeness (QED) is 0.158. The van der Waals surface area contributed by atoms with Crippen molar-refractivity contribution >= 4 is 27.8 Å². The van der Waals surface area contributed by atoms with E-state index in [1.54, 1.807) is 30.3 Å². The van der Waals surface area contributed by atoms with Crippen molar-refractivity contribution in [3.8, 4) is 55.6 Å². The van der Waals surface area contributed by atoms with Crippen molar-refractivity contribution in [1.29, 1.82) is 0 Å². The smallest absolute Gasteiger partial charge is 0.0651 e. The SMILES string of the molecule is [2H]c1c([2H])c([2H])c(-c2c([2H])c([2H])c(-c3c([2H])c([2H])c(N(c4ccc(-c5cccc6c5C(C)(C)c5ccccc5-6)cc4)c4c([2H])c([2H])c([2H])c(-c5cccc6ccccc56)c4[2H])c([2H])c3[2H])c([2H])c2[2H])c([2H])c1[2H]. The summed E-state index contributed by atoms with van der Waals surface area (Å²) < 4.78 is 154. The summed E-state index contributed by atoms with van der Waals surface area (Å²) in [4.78, 5) is 1.19. The van der Waals surface area contributed by atoms with E-state index in [0.29, 0.717) is 10.9 Å². The first-order valence-corrected chi connectivity index (χ1v) is 18.1. The van der Waals surface area contributed by atoms with Crippen LogP contribution in [0.4, 0.5) is 17.1 Å². The normalized spacial score (nSPS) is 16.9. The summed E-state index contributed by atoms with van der Waals surface area (Å²) in [5.41, 5.74) is 2.99. The average Bonchev–Trinajstić information content (AvgIpc) is 3.63. The second-order valence-electron chi connectivity index (χ2n) is 14.0. The van der Waals surface area contributed by atoms with E-state index in [-0.39, 0.29) is 22.4 Å². The number of nitrogens with zero attached hydrogens (tertiary/aromatic N) is 1. The minimum absolute atomic E-state index is 0.0224. The summed E-state index contributed by atoms with van der Waals surface area (Å²) in [5.74, 6) is 0. The lowest BCUT2D eigenvalue weighted by atomic mass is 9.79. The Hall–Kier alpha value is -6.96. The van der Waals surface area contributed by atoms with Crippen LogP contribution >= 0.6 is 0 Å². The molecule has 10 rings (SSSR count). The predicted octanol–water partition coefficient (Wildman–Crippen LogP) is 15.3. The van der Waals surface area contributed by atoms with Gasteiger partial charge in [0, 0.05) is 22.5 Å². The highest BCUT2D eigenvalue weighted by Gasteiger charge is 2.37. The molecule has 1 aliphatic carbocycles. The van der Waals surface area contributed by atoms with E-state index in [9.17, 15) is 11.0 Å². The van der Waals surface area contributed by atoms with Gasteiger partial charge in [-0.25, -0.2) is 0 Å². The highest BCUT2D eigenvalue weighted by molar-refractivity contribution is 5.97. The van der Waals surface area contributed by atoms with Gasteiger partial charge in [-0.1, -0.05) is 189 Å². The number of hydrogen-bond donors (Lipinski definition) is 0. The fraction of sp³-hybridized carbons (Fsp3) is 0.0545. The van der Waals surface area contributed by atoms with Crippen LogP contribution in [-0.2, 0) is 5.41 Å². The molecule has 1 nitrogen and oxygen atoms in total. The molecule has 0 amide bonds. The van der Waals surface area contributed by atoms with E-state index < -0.39 is 131 Å². The number of fused-ring (bicyclic) bond motifs is 4. The van der Waals surface area contributed by atoms with Gasteiger partial charge in [-0.15, -0.1) is 0 Å². The van der Waals surface area contributed by atoms with Crippen LogP contribution in [0.1, 0.15) is 48.3 Å². The minimum atomic E-state index is -0.867. The van der Waals surface area contributed by atoms with Crippen molar-refractivity contribution in [1.82, 2.24) is 0 Å². The molecule has 0 bridgehead atoms. The molecule has 0 radical (unpaired) electrons. The summed E-state index contributed by atoms with van der Waals surface area (Å²) in [6, 6.07) is 21.3. The van der Waals surface area contributed by atoms with Gasteiger partial charge < -0.3 is 4.90 Å². The zero-order valence-corrected chi connectivity index (χ0v) is 30.3. The molecule has 0 N–H and O–H groups in total. The summed E-state index contributed by atoms with van der Waals surface area (Å²) in [6.45, 7) is 4.32. The topological polar surface area (TPSA) is 3.24 Å². The lowest BCUT2D eigenvalue weighted by Crippen LogP contribution is -2.16. The zero-order valence-electron chi connectivity index (χ0n) is 47.3. The van der Waals surface area contributed by atoms with Crippen molar-refractivity contribution < 1.29 is 23.3 Å². The first-order chi connectivity index (χ1) is 34.6. The zero-order chi connectivity index (χ0) is 52.4. The van der Waals surface area contributed by atoms with E-state index in [0.717, 1.165) is 33.2 Å². The lowest BCUT2D eigenvalue weighted by molar-refractivity contribution is 0.662. The van der Waals surface area contributed by atoms with Crippen LogP contribution in [-0.4, -0.2) is 0 Å². The molecule has 0 atom stereocenters. The maximum atomic E-state index is 9.89. The molecule has 266 valence electrons. The predicted molar refractivity (Wildman–Crippen MR) is 238 cm³/mol. The van der Waals surface area contributed by atoms with E-state index in [1.807, 2.05) is 60.7 Å². The van der Waals surface area contributed by atoms with Gasteiger partial charge in [0.15, 0.2) is 0 Å². The number of rotatable bonds is 7. The highest BCUT2D eigenvalue weighted by Crippen LogP contribution is 2.52. The van der Waals surface area contributed by atoms with Crippen LogP contribution in [0.2, 0.25) is 0 Å². The molecule has 0 spiro atoms. The third kappa shape index (κ3) is 5.81. The van der Waals surface area contributed by atoms with Gasteiger partial charge in [0.25, 0.3) is 0 Å². The molecular weight excluding hydrogens is 675 g/mol. The molecule has 0 saturated carbocycles. The second-order valence-corrected chi connectivity index (χ2v) is 14.0. The fourth-order valence-electron chi connectivity index (χ4n) is 7.75. The third-order valence-electron chi connectivity index (χ3n) is 10.4. The molecule has 0 fully saturated rings. The van der Waals surface area contributed by atoms with Crippen LogP contribution in [0, 0.1) is 0 Å². The van der Waals surface area contributed by atoms with Gasteiger partial charge in [-0.2, -0.15) is 0 Å². The maximum Gasteiger partial charge on any atom is 0.0651 e. The van der Waals surface area contributed by atoms with Crippen molar-refractivity contribution in [3.05, 3.63) is 223 Å². The van der Waals surface area contributed by atoms with Crippen LogP contribution in [0.5, 0.6) is 0 Å². The molecule has 1 heteroatoms. The molecule has 0 heterocycles. The number of hydrogen-bond acceptors (Lipinski definition) is 1. The maximum absolute atomic E-state index is 9.89. The van der Waals surface area contributed by atoms with Crippen molar-refractivity contribution in [2.75, 3.05) is 4.90 Å². The first-order valence-electron chi connectivity index (χ1n) is 26.6. The second kappa shape index (κ2) is 13.7. The summed E-state index contributed by atoms with van der Waals surface area (Å²) in [7, 11) is 0. The molecular formula is C55H41N. The van der Waals surface area contributed by atoms with Gasteiger partial charge in [0.2, 0.25) is 0 Å². The van der Waals surface area contributed by atoms with E-state index >= 15 is 0 Å². The van der Waals surface area contributed by atoms with Gasteiger partial charge in [0.1, 0.15) is 0 Å². The van der Waals surface area contributed by atoms with Crippen LogP contribution in [0.3, 0.4) is 0 Å². The molecule has 9 aromatic carbocycles. The van der Waals surface area contributed by atoms with Crippen LogP contribution < -0.4 is 4.90 Å². The average molecular weight is 733 g/mol. The number of anilines is 3. The van der Waals surface area contributed by atoms with Gasteiger partial charge in [-0.05, 0) is 114 Å². The summed E-state index contributed by atoms with van der Waals surface area (Å²) in [5, 5.41) is 1.43. The van der Waals surface area contributed by atoms with E-state index in [4.69, 9.17) is 12.3 Å². The Bertz CT molecular complexity index is 3770. The minimum Gasteiger partial charge on any atom is -0.310 e. The molecule has 56 heavy (non-hydrogen) atoms. The van der Waals surface area contributed by atoms with Gasteiger partial charge in [0.05, 0.1) is 23.3 Å². The van der Waals surface area contributed by atoms with Crippen molar-refractivity contribution in [2.24, 2.45) is 0 Å². The molecule has 0 saturated heterocycles. The fourth-order valence-corrected chi connectivity index (χ4v) is 7.75.